The fourth-order valence-electron chi connectivity index (χ4n) is 2.65. The van der Waals surface area contributed by atoms with Gasteiger partial charge in [0.15, 0.2) is 0 Å². The highest BCUT2D eigenvalue weighted by atomic mass is 35.5. The lowest BCUT2D eigenvalue weighted by Crippen LogP contribution is -2.36. The van der Waals surface area contributed by atoms with Crippen LogP contribution >= 0.6 is 11.6 Å². The predicted octanol–water partition coefficient (Wildman–Crippen LogP) is 5.05. The van der Waals surface area contributed by atoms with E-state index in [0.29, 0.717) is 12.0 Å². The third-order valence-corrected chi connectivity index (χ3v) is 4.35. The fraction of sp³-hybridized carbons (Fsp3) is 0.368. The fourth-order valence-corrected chi connectivity index (χ4v) is 2.86. The van der Waals surface area contributed by atoms with Crippen molar-refractivity contribution in [3.05, 3.63) is 70.7 Å². The Hall–Kier alpha value is -1.31. The number of hydrogen-bond donors (Lipinski definition) is 1. The highest BCUT2D eigenvalue weighted by molar-refractivity contribution is 6.31. The van der Waals surface area contributed by atoms with Crippen LogP contribution in [0.4, 0.5) is 0 Å². The van der Waals surface area contributed by atoms with Crippen LogP contribution in [-0.2, 0) is 6.42 Å². The first-order chi connectivity index (χ1) is 10.2. The topological polar surface area (TPSA) is 12.0 Å². The van der Waals surface area contributed by atoms with E-state index < -0.39 is 0 Å². The lowest BCUT2D eigenvalue weighted by Gasteiger charge is -2.26. The molecule has 0 amide bonds. The normalized spacial score (nSPS) is 13.9. The van der Waals surface area contributed by atoms with E-state index in [4.69, 9.17) is 11.6 Å². The molecule has 2 heteroatoms. The summed E-state index contributed by atoms with van der Waals surface area (Å²) < 4.78 is 0. The van der Waals surface area contributed by atoms with Crippen LogP contribution in [0.5, 0.6) is 0 Å². The van der Waals surface area contributed by atoms with Gasteiger partial charge in [0.05, 0.1) is 0 Å². The van der Waals surface area contributed by atoms with Crippen LogP contribution in [0.2, 0.25) is 5.02 Å². The lowest BCUT2D eigenvalue weighted by molar-refractivity contribution is 0.447. The van der Waals surface area contributed by atoms with Crippen molar-refractivity contribution in [3.63, 3.8) is 0 Å². The lowest BCUT2D eigenvalue weighted by atomic mass is 9.89. The average Bonchev–Trinajstić information content (AvgIpc) is 2.53. The summed E-state index contributed by atoms with van der Waals surface area (Å²) in [6, 6.07) is 19.2. The summed E-state index contributed by atoms with van der Waals surface area (Å²) in [5, 5.41) is 4.55. The molecule has 0 aliphatic carbocycles. The van der Waals surface area contributed by atoms with Gasteiger partial charge in [-0.15, -0.1) is 0 Å². The maximum atomic E-state index is 6.33. The molecule has 0 aromatic heterocycles. The first-order valence-electron chi connectivity index (χ1n) is 7.74. The molecule has 0 aliphatic heterocycles. The summed E-state index contributed by atoms with van der Waals surface area (Å²) >= 11 is 6.33. The third kappa shape index (κ3) is 4.59. The summed E-state index contributed by atoms with van der Waals surface area (Å²) in [5.74, 6) is 0.453. The van der Waals surface area contributed by atoms with Gasteiger partial charge in [0, 0.05) is 11.1 Å². The van der Waals surface area contributed by atoms with Gasteiger partial charge >= 0.3 is 0 Å². The van der Waals surface area contributed by atoms with Gasteiger partial charge in [0.2, 0.25) is 0 Å². The Kier molecular flexibility index (Phi) is 6.28. The second-order valence-corrected chi connectivity index (χ2v) is 5.96. The minimum atomic E-state index is 0.396. The van der Waals surface area contributed by atoms with Crippen molar-refractivity contribution in [1.29, 1.82) is 0 Å². The molecule has 0 spiro atoms. The van der Waals surface area contributed by atoms with Crippen LogP contribution < -0.4 is 5.32 Å². The second kappa shape index (κ2) is 8.21. The molecule has 0 saturated carbocycles. The van der Waals surface area contributed by atoms with Crippen molar-refractivity contribution in [3.8, 4) is 0 Å². The standard InChI is InChI=1S/C19H24ClN/c1-3-13-21-19(14-17-11-7-8-12-18(17)20)15(2)16-9-5-4-6-10-16/h4-12,15,19,21H,3,13-14H2,1-2H3. The molecule has 2 atom stereocenters. The molecule has 0 radical (unpaired) electrons. The predicted molar refractivity (Wildman–Crippen MR) is 92.1 cm³/mol. The van der Waals surface area contributed by atoms with Crippen LogP contribution in [-0.4, -0.2) is 12.6 Å². The first kappa shape index (κ1) is 16.1. The van der Waals surface area contributed by atoms with Gasteiger partial charge in [-0.05, 0) is 42.5 Å². The van der Waals surface area contributed by atoms with E-state index in [1.807, 2.05) is 12.1 Å². The molecule has 2 aromatic rings. The Morgan fingerprint density at radius 2 is 1.67 bits per heavy atom. The van der Waals surface area contributed by atoms with Crippen molar-refractivity contribution >= 4 is 11.6 Å². The molecule has 0 bridgehead atoms. The minimum Gasteiger partial charge on any atom is -0.313 e. The molecule has 0 saturated heterocycles. The maximum absolute atomic E-state index is 6.33. The summed E-state index contributed by atoms with van der Waals surface area (Å²) in [7, 11) is 0. The molecule has 0 aliphatic rings. The van der Waals surface area contributed by atoms with Crippen LogP contribution in [0.3, 0.4) is 0 Å². The highest BCUT2D eigenvalue weighted by Crippen LogP contribution is 2.24. The van der Waals surface area contributed by atoms with E-state index in [2.05, 4.69) is 61.6 Å². The van der Waals surface area contributed by atoms with Gasteiger partial charge in [-0.1, -0.05) is 74.0 Å². The number of halogens is 1. The Labute approximate surface area is 133 Å². The van der Waals surface area contributed by atoms with E-state index in [1.165, 1.54) is 11.1 Å². The number of benzene rings is 2. The van der Waals surface area contributed by atoms with Crippen molar-refractivity contribution in [2.24, 2.45) is 0 Å². The third-order valence-electron chi connectivity index (χ3n) is 3.98. The van der Waals surface area contributed by atoms with Gasteiger partial charge in [0.25, 0.3) is 0 Å². The molecule has 2 aromatic carbocycles. The molecule has 1 N–H and O–H groups in total. The van der Waals surface area contributed by atoms with Crippen molar-refractivity contribution in [2.45, 2.75) is 38.6 Å². The summed E-state index contributed by atoms with van der Waals surface area (Å²) in [5.41, 5.74) is 2.59. The average molecular weight is 302 g/mol. The smallest absolute Gasteiger partial charge is 0.0438 e. The SMILES string of the molecule is CCCNC(Cc1ccccc1Cl)C(C)c1ccccc1. The van der Waals surface area contributed by atoms with E-state index in [1.54, 1.807) is 0 Å². The van der Waals surface area contributed by atoms with Crippen molar-refractivity contribution < 1.29 is 0 Å². The Morgan fingerprint density at radius 3 is 2.33 bits per heavy atom. The minimum absolute atomic E-state index is 0.396. The van der Waals surface area contributed by atoms with E-state index in [0.717, 1.165) is 24.4 Å². The van der Waals surface area contributed by atoms with Crippen LogP contribution in [0.15, 0.2) is 54.6 Å². The molecular weight excluding hydrogens is 278 g/mol. The zero-order valence-electron chi connectivity index (χ0n) is 12.9. The van der Waals surface area contributed by atoms with E-state index in [9.17, 15) is 0 Å². The largest absolute Gasteiger partial charge is 0.313 e. The Morgan fingerprint density at radius 1 is 1.00 bits per heavy atom. The summed E-state index contributed by atoms with van der Waals surface area (Å²) in [6.45, 7) is 5.53. The Balaban J connectivity index is 2.16. The van der Waals surface area contributed by atoms with E-state index >= 15 is 0 Å². The first-order valence-corrected chi connectivity index (χ1v) is 8.12. The number of hydrogen-bond acceptors (Lipinski definition) is 1. The number of nitrogens with one attached hydrogen (secondary N) is 1. The molecule has 21 heavy (non-hydrogen) atoms. The molecule has 2 unspecified atom stereocenters. The van der Waals surface area contributed by atoms with Gasteiger partial charge in [-0.25, -0.2) is 0 Å². The van der Waals surface area contributed by atoms with Gasteiger partial charge in [0.1, 0.15) is 0 Å². The monoisotopic (exact) mass is 301 g/mol. The second-order valence-electron chi connectivity index (χ2n) is 5.56. The van der Waals surface area contributed by atoms with Crippen LogP contribution in [0.1, 0.15) is 37.3 Å². The molecule has 1 nitrogen and oxygen atoms in total. The molecular formula is C19H24ClN. The van der Waals surface area contributed by atoms with Crippen LogP contribution in [0.25, 0.3) is 0 Å². The van der Waals surface area contributed by atoms with Gasteiger partial charge in [-0.3, -0.25) is 0 Å². The molecule has 0 heterocycles. The quantitative estimate of drug-likeness (QED) is 0.754. The highest BCUT2D eigenvalue weighted by Gasteiger charge is 2.19. The summed E-state index contributed by atoms with van der Waals surface area (Å²) in [4.78, 5) is 0. The van der Waals surface area contributed by atoms with Gasteiger partial charge < -0.3 is 5.32 Å². The summed E-state index contributed by atoms with van der Waals surface area (Å²) in [6.07, 6.45) is 2.09. The molecule has 112 valence electrons. The van der Waals surface area contributed by atoms with Gasteiger partial charge in [-0.2, -0.15) is 0 Å². The molecule has 0 fully saturated rings. The van der Waals surface area contributed by atoms with Crippen molar-refractivity contribution in [1.82, 2.24) is 5.32 Å². The maximum Gasteiger partial charge on any atom is 0.0438 e. The van der Waals surface area contributed by atoms with Crippen LogP contribution in [0, 0.1) is 0 Å². The zero-order valence-corrected chi connectivity index (χ0v) is 13.6. The molecule has 2 rings (SSSR count). The zero-order chi connectivity index (χ0) is 15.1. The number of rotatable bonds is 7. The Bertz CT molecular complexity index is 538. The van der Waals surface area contributed by atoms with Crippen molar-refractivity contribution in [2.75, 3.05) is 6.54 Å². The van der Waals surface area contributed by atoms with E-state index in [-0.39, 0.29) is 0 Å².